The van der Waals surface area contributed by atoms with E-state index in [9.17, 15) is 0 Å². The lowest BCUT2D eigenvalue weighted by Gasteiger charge is -2.06. The fourth-order valence-corrected chi connectivity index (χ4v) is 1.62. The zero-order valence-corrected chi connectivity index (χ0v) is 11.0. The fraction of sp³-hybridized carbons (Fsp3) is 0.571. The van der Waals surface area contributed by atoms with Gasteiger partial charge >= 0.3 is 0 Å². The second-order valence-electron chi connectivity index (χ2n) is 4.04. The van der Waals surface area contributed by atoms with Crippen LogP contribution >= 0.6 is 0 Å². The summed E-state index contributed by atoms with van der Waals surface area (Å²) in [5.74, 6) is 0.896. The number of methoxy groups -OCH3 is 1. The van der Waals surface area contributed by atoms with Crippen LogP contribution in [0, 0.1) is 0 Å². The van der Waals surface area contributed by atoms with Crippen LogP contribution in [-0.2, 0) is 11.2 Å². The van der Waals surface area contributed by atoms with Crippen LogP contribution in [0.2, 0.25) is 0 Å². The van der Waals surface area contributed by atoms with Crippen LogP contribution in [0.5, 0.6) is 5.75 Å². The third kappa shape index (κ3) is 6.59. The minimum Gasteiger partial charge on any atom is -0.497 e. The van der Waals surface area contributed by atoms with Crippen LogP contribution in [0.25, 0.3) is 0 Å². The number of ether oxygens (including phenoxy) is 2. The Morgan fingerprint density at radius 1 is 1.11 bits per heavy atom. The van der Waals surface area contributed by atoms with Gasteiger partial charge < -0.3 is 19.9 Å². The number of hydrogen-bond acceptors (Lipinski definition) is 4. The molecular weight excluding hydrogens is 230 g/mol. The van der Waals surface area contributed by atoms with E-state index in [0.717, 1.165) is 31.7 Å². The van der Waals surface area contributed by atoms with Gasteiger partial charge in [-0.3, -0.25) is 0 Å². The molecule has 0 saturated carbocycles. The summed E-state index contributed by atoms with van der Waals surface area (Å²) in [4.78, 5) is 0. The van der Waals surface area contributed by atoms with Crippen molar-refractivity contribution in [2.24, 2.45) is 0 Å². The van der Waals surface area contributed by atoms with Gasteiger partial charge in [-0.2, -0.15) is 0 Å². The third-order valence-electron chi connectivity index (χ3n) is 2.63. The first-order valence-electron chi connectivity index (χ1n) is 6.39. The van der Waals surface area contributed by atoms with Gasteiger partial charge in [0.05, 0.1) is 20.3 Å². The average Bonchev–Trinajstić information content (AvgIpc) is 2.42. The van der Waals surface area contributed by atoms with Crippen molar-refractivity contribution in [2.45, 2.75) is 12.8 Å². The molecule has 102 valence electrons. The molecule has 1 rings (SSSR count). The molecule has 0 unspecified atom stereocenters. The van der Waals surface area contributed by atoms with Gasteiger partial charge in [-0.25, -0.2) is 0 Å². The van der Waals surface area contributed by atoms with Gasteiger partial charge in [0.25, 0.3) is 0 Å². The van der Waals surface area contributed by atoms with Crippen molar-refractivity contribution in [2.75, 3.05) is 40.0 Å². The quantitative estimate of drug-likeness (QED) is 0.616. The van der Waals surface area contributed by atoms with Crippen molar-refractivity contribution in [3.8, 4) is 5.75 Å². The first kappa shape index (κ1) is 15.0. The van der Waals surface area contributed by atoms with E-state index in [1.165, 1.54) is 5.56 Å². The maximum Gasteiger partial charge on any atom is 0.118 e. The van der Waals surface area contributed by atoms with Crippen molar-refractivity contribution < 1.29 is 14.6 Å². The average molecular weight is 253 g/mol. The number of hydrogen-bond donors (Lipinski definition) is 2. The lowest BCUT2D eigenvalue weighted by atomic mass is 10.1. The molecule has 0 aliphatic rings. The summed E-state index contributed by atoms with van der Waals surface area (Å²) in [6, 6.07) is 8.14. The molecule has 0 atom stereocenters. The van der Waals surface area contributed by atoms with Gasteiger partial charge in [0.15, 0.2) is 0 Å². The molecule has 0 aromatic heterocycles. The first-order chi connectivity index (χ1) is 8.86. The minimum absolute atomic E-state index is 0.102. The molecule has 4 heteroatoms. The molecule has 2 N–H and O–H groups in total. The molecule has 0 saturated heterocycles. The van der Waals surface area contributed by atoms with Crippen LogP contribution in [0.4, 0.5) is 0 Å². The number of aliphatic hydroxyl groups is 1. The second kappa shape index (κ2) is 9.88. The lowest BCUT2D eigenvalue weighted by molar-refractivity contribution is 0.0908. The van der Waals surface area contributed by atoms with E-state index in [4.69, 9.17) is 14.6 Å². The van der Waals surface area contributed by atoms with Gasteiger partial charge in [0.1, 0.15) is 5.75 Å². The Kier molecular flexibility index (Phi) is 8.21. The molecular formula is C14H23NO3. The van der Waals surface area contributed by atoms with Crippen LogP contribution in [0.1, 0.15) is 12.0 Å². The van der Waals surface area contributed by atoms with E-state index < -0.39 is 0 Å². The van der Waals surface area contributed by atoms with Crippen molar-refractivity contribution in [3.63, 3.8) is 0 Å². The second-order valence-corrected chi connectivity index (χ2v) is 4.04. The topological polar surface area (TPSA) is 50.7 Å². The maximum absolute atomic E-state index is 8.52. The zero-order valence-electron chi connectivity index (χ0n) is 11.0. The summed E-state index contributed by atoms with van der Waals surface area (Å²) in [6.45, 7) is 3.15. The van der Waals surface area contributed by atoms with Gasteiger partial charge in [0, 0.05) is 6.61 Å². The summed E-state index contributed by atoms with van der Waals surface area (Å²) in [7, 11) is 1.68. The number of benzene rings is 1. The van der Waals surface area contributed by atoms with Crippen LogP contribution < -0.4 is 10.1 Å². The van der Waals surface area contributed by atoms with Gasteiger partial charge in [-0.1, -0.05) is 12.1 Å². The number of nitrogens with one attached hydrogen (secondary N) is 1. The Balaban J connectivity index is 2.00. The fourth-order valence-electron chi connectivity index (χ4n) is 1.62. The number of rotatable bonds is 10. The van der Waals surface area contributed by atoms with Gasteiger partial charge in [-0.05, 0) is 43.6 Å². The summed E-state index contributed by atoms with van der Waals surface area (Å²) in [5.41, 5.74) is 1.31. The summed E-state index contributed by atoms with van der Waals surface area (Å²) in [5, 5.41) is 11.9. The predicted molar refractivity (Wildman–Crippen MR) is 72.1 cm³/mol. The SMILES string of the molecule is COc1ccc(CCNCCCOCCO)cc1. The van der Waals surface area contributed by atoms with Gasteiger partial charge in [-0.15, -0.1) is 0 Å². The summed E-state index contributed by atoms with van der Waals surface area (Å²) in [6.07, 6.45) is 1.99. The Morgan fingerprint density at radius 3 is 2.56 bits per heavy atom. The molecule has 1 aromatic carbocycles. The van der Waals surface area contributed by atoms with E-state index in [2.05, 4.69) is 17.4 Å². The predicted octanol–water partition coefficient (Wildman–Crippen LogP) is 1.23. The zero-order chi connectivity index (χ0) is 13.1. The molecule has 4 nitrogen and oxygen atoms in total. The van der Waals surface area contributed by atoms with Crippen LogP contribution in [0.3, 0.4) is 0 Å². The Hall–Kier alpha value is -1.10. The third-order valence-corrected chi connectivity index (χ3v) is 2.63. The van der Waals surface area contributed by atoms with Crippen LogP contribution in [0.15, 0.2) is 24.3 Å². The highest BCUT2D eigenvalue weighted by atomic mass is 16.5. The minimum atomic E-state index is 0.102. The van der Waals surface area contributed by atoms with Crippen molar-refractivity contribution in [1.29, 1.82) is 0 Å². The van der Waals surface area contributed by atoms with E-state index in [-0.39, 0.29) is 6.61 Å². The van der Waals surface area contributed by atoms with Gasteiger partial charge in [0.2, 0.25) is 0 Å². The van der Waals surface area contributed by atoms with Crippen molar-refractivity contribution >= 4 is 0 Å². The molecule has 18 heavy (non-hydrogen) atoms. The molecule has 0 amide bonds. The highest BCUT2D eigenvalue weighted by molar-refractivity contribution is 5.27. The van der Waals surface area contributed by atoms with E-state index >= 15 is 0 Å². The van der Waals surface area contributed by atoms with E-state index in [1.807, 2.05) is 12.1 Å². The standard InChI is InChI=1S/C14H23NO3/c1-17-14-5-3-13(4-6-14)7-9-15-8-2-11-18-12-10-16/h3-6,15-16H,2,7-12H2,1H3. The van der Waals surface area contributed by atoms with Crippen LogP contribution in [-0.4, -0.2) is 45.1 Å². The molecule has 0 aliphatic heterocycles. The highest BCUT2D eigenvalue weighted by Crippen LogP contribution is 2.11. The first-order valence-corrected chi connectivity index (χ1v) is 6.39. The maximum atomic E-state index is 8.52. The summed E-state index contributed by atoms with van der Waals surface area (Å²) >= 11 is 0. The smallest absolute Gasteiger partial charge is 0.118 e. The molecule has 0 bridgehead atoms. The molecule has 0 fully saturated rings. The molecule has 0 radical (unpaired) electrons. The normalized spacial score (nSPS) is 10.6. The largest absolute Gasteiger partial charge is 0.497 e. The Morgan fingerprint density at radius 2 is 1.89 bits per heavy atom. The Labute approximate surface area is 109 Å². The molecule has 0 aliphatic carbocycles. The Bertz CT molecular complexity index is 300. The molecule has 0 heterocycles. The molecule has 0 spiro atoms. The lowest BCUT2D eigenvalue weighted by Crippen LogP contribution is -2.20. The summed E-state index contributed by atoms with van der Waals surface area (Å²) < 4.78 is 10.3. The molecule has 1 aromatic rings. The van der Waals surface area contributed by atoms with Crippen molar-refractivity contribution in [1.82, 2.24) is 5.32 Å². The van der Waals surface area contributed by atoms with E-state index in [1.54, 1.807) is 7.11 Å². The van der Waals surface area contributed by atoms with Crippen molar-refractivity contribution in [3.05, 3.63) is 29.8 Å². The monoisotopic (exact) mass is 253 g/mol. The number of aliphatic hydroxyl groups excluding tert-OH is 1. The highest BCUT2D eigenvalue weighted by Gasteiger charge is 1.94. The van der Waals surface area contributed by atoms with E-state index in [0.29, 0.717) is 13.2 Å².